The van der Waals surface area contributed by atoms with Crippen LogP contribution in [-0.4, -0.2) is 57.5 Å². The number of oxazole rings is 1. The van der Waals surface area contributed by atoms with E-state index in [9.17, 15) is 12.8 Å². The summed E-state index contributed by atoms with van der Waals surface area (Å²) in [7, 11) is -3.19. The lowest BCUT2D eigenvalue weighted by Gasteiger charge is -2.30. The molecule has 1 fully saturated rings. The molecule has 4 heterocycles. The minimum absolute atomic E-state index is 0.0450. The molecular formula is C21H20ClFN6O3S. The van der Waals surface area contributed by atoms with Gasteiger partial charge in [-0.2, -0.15) is 4.98 Å². The lowest BCUT2D eigenvalue weighted by atomic mass is 10.1. The number of anilines is 1. The second-order valence-electron chi connectivity index (χ2n) is 7.83. The zero-order valence-electron chi connectivity index (χ0n) is 17.6. The molecule has 0 aliphatic carbocycles. The van der Waals surface area contributed by atoms with E-state index in [0.29, 0.717) is 60.4 Å². The second-order valence-corrected chi connectivity index (χ2v) is 10.2. The zero-order valence-corrected chi connectivity index (χ0v) is 19.1. The summed E-state index contributed by atoms with van der Waals surface area (Å²) in [5, 5.41) is 3.53. The Bertz CT molecular complexity index is 1430. The number of aromatic nitrogens is 4. The van der Waals surface area contributed by atoms with Gasteiger partial charge in [0.1, 0.15) is 23.5 Å². The third-order valence-corrected chi connectivity index (χ3v) is 7.22. The molecule has 0 radical (unpaired) electrons. The number of nitrogens with zero attached hydrogens (tertiary/aromatic N) is 5. The number of halogens is 2. The Hall–Kier alpha value is -3.02. The van der Waals surface area contributed by atoms with E-state index >= 15 is 0 Å². The van der Waals surface area contributed by atoms with Crippen LogP contribution in [0.3, 0.4) is 0 Å². The average Bonchev–Trinajstić information content (AvgIpc) is 3.35. The average molecular weight is 491 g/mol. The van der Waals surface area contributed by atoms with Gasteiger partial charge in [0.2, 0.25) is 16.0 Å². The molecule has 1 saturated heterocycles. The maximum Gasteiger partial charge on any atom is 0.306 e. The molecule has 33 heavy (non-hydrogen) atoms. The lowest BCUT2D eigenvalue weighted by Crippen LogP contribution is -2.42. The summed E-state index contributed by atoms with van der Waals surface area (Å²) in [6.45, 7) is 0.892. The molecule has 12 heteroatoms. The summed E-state index contributed by atoms with van der Waals surface area (Å²) in [5.41, 5.74) is 2.26. The van der Waals surface area contributed by atoms with Gasteiger partial charge >= 0.3 is 5.84 Å². The highest BCUT2D eigenvalue weighted by atomic mass is 35.5. The first-order valence-corrected chi connectivity index (χ1v) is 12.5. The number of piperidine rings is 1. The van der Waals surface area contributed by atoms with Crippen molar-refractivity contribution in [2.75, 3.05) is 24.7 Å². The highest BCUT2D eigenvalue weighted by Crippen LogP contribution is 2.36. The number of sulfonamides is 1. The largest absolute Gasteiger partial charge is 0.432 e. The summed E-state index contributed by atoms with van der Waals surface area (Å²) in [4.78, 5) is 13.5. The van der Waals surface area contributed by atoms with Gasteiger partial charge in [-0.3, -0.25) is 4.40 Å². The number of imidazole rings is 1. The van der Waals surface area contributed by atoms with Crippen LogP contribution in [0.15, 0.2) is 47.3 Å². The minimum Gasteiger partial charge on any atom is -0.432 e. The molecule has 0 spiro atoms. The SMILES string of the molecule is CS(=O)(=O)N1CCC(Nc2nccc(-c3c(-c4ccc(F)cc4Cl)nc4occn34)n2)CC1. The number of hydrogen-bond acceptors (Lipinski definition) is 7. The molecule has 0 atom stereocenters. The molecule has 9 nitrogen and oxygen atoms in total. The number of fused-ring (bicyclic) bond motifs is 1. The number of benzene rings is 1. The summed E-state index contributed by atoms with van der Waals surface area (Å²) in [6, 6.07) is 5.91. The van der Waals surface area contributed by atoms with Gasteiger partial charge in [0.15, 0.2) is 0 Å². The van der Waals surface area contributed by atoms with Crippen molar-refractivity contribution in [3.05, 3.63) is 53.8 Å². The molecule has 0 amide bonds. The van der Waals surface area contributed by atoms with Gasteiger partial charge in [0.05, 0.1) is 17.0 Å². The van der Waals surface area contributed by atoms with Crippen LogP contribution in [0.5, 0.6) is 0 Å². The predicted molar refractivity (Wildman–Crippen MR) is 122 cm³/mol. The van der Waals surface area contributed by atoms with Crippen LogP contribution < -0.4 is 5.32 Å². The molecule has 0 saturated carbocycles. The van der Waals surface area contributed by atoms with Crippen molar-refractivity contribution in [3.63, 3.8) is 0 Å². The van der Waals surface area contributed by atoms with Crippen LogP contribution >= 0.6 is 11.6 Å². The van der Waals surface area contributed by atoms with Gasteiger partial charge in [-0.05, 0) is 37.1 Å². The smallest absolute Gasteiger partial charge is 0.306 e. The molecule has 5 rings (SSSR count). The topological polar surface area (TPSA) is 106 Å². The molecule has 1 aromatic carbocycles. The second kappa shape index (κ2) is 8.40. The number of rotatable bonds is 5. The molecule has 1 N–H and O–H groups in total. The monoisotopic (exact) mass is 490 g/mol. The standard InChI is InChI=1S/C21H20ClFN6O3S/c1-33(30,31)28-8-5-14(6-9-28)25-20-24-7-4-17(26-20)19-18(27-21-29(19)10-11-32-21)15-3-2-13(23)12-16(15)22/h2-4,7,10-12,14H,5-6,8-9H2,1H3,(H,24,25,26). The first kappa shape index (κ1) is 21.8. The zero-order chi connectivity index (χ0) is 23.2. The molecule has 172 valence electrons. The first-order valence-electron chi connectivity index (χ1n) is 10.3. The van der Waals surface area contributed by atoms with E-state index < -0.39 is 15.8 Å². The predicted octanol–water partition coefficient (Wildman–Crippen LogP) is 3.68. The van der Waals surface area contributed by atoms with Gasteiger partial charge < -0.3 is 9.73 Å². The van der Waals surface area contributed by atoms with Crippen molar-refractivity contribution < 1.29 is 17.2 Å². The Morgan fingerprint density at radius 3 is 2.73 bits per heavy atom. The van der Waals surface area contributed by atoms with Gasteiger partial charge in [-0.25, -0.2) is 27.1 Å². The van der Waals surface area contributed by atoms with E-state index in [1.807, 2.05) is 0 Å². The molecular weight excluding hydrogens is 471 g/mol. The summed E-state index contributed by atoms with van der Waals surface area (Å²) in [6.07, 6.45) is 7.38. The van der Waals surface area contributed by atoms with E-state index in [1.165, 1.54) is 29.0 Å². The quantitative estimate of drug-likeness (QED) is 0.455. The summed E-state index contributed by atoms with van der Waals surface area (Å²) >= 11 is 6.31. The Morgan fingerprint density at radius 1 is 1.21 bits per heavy atom. The first-order chi connectivity index (χ1) is 15.8. The number of nitrogens with one attached hydrogen (secondary N) is 1. The van der Waals surface area contributed by atoms with E-state index in [4.69, 9.17) is 16.0 Å². The van der Waals surface area contributed by atoms with Gasteiger partial charge in [0, 0.05) is 37.1 Å². The van der Waals surface area contributed by atoms with Gasteiger partial charge in [-0.1, -0.05) is 11.6 Å². The van der Waals surface area contributed by atoms with Crippen LogP contribution in [0.2, 0.25) is 5.02 Å². The maximum absolute atomic E-state index is 13.6. The Morgan fingerprint density at radius 2 is 2.00 bits per heavy atom. The molecule has 1 aliphatic heterocycles. The van der Waals surface area contributed by atoms with Crippen molar-refractivity contribution in [1.29, 1.82) is 0 Å². The fourth-order valence-corrected chi connectivity index (χ4v) is 5.11. The third-order valence-electron chi connectivity index (χ3n) is 5.60. The molecule has 1 aliphatic rings. The highest BCUT2D eigenvalue weighted by molar-refractivity contribution is 7.88. The van der Waals surface area contributed by atoms with E-state index in [-0.39, 0.29) is 11.1 Å². The van der Waals surface area contributed by atoms with Crippen LogP contribution in [0.1, 0.15) is 12.8 Å². The molecule has 0 unspecified atom stereocenters. The molecule has 3 aromatic heterocycles. The Kier molecular flexibility index (Phi) is 5.55. The highest BCUT2D eigenvalue weighted by Gasteiger charge is 2.26. The minimum atomic E-state index is -3.19. The molecule has 4 aromatic rings. The van der Waals surface area contributed by atoms with Gasteiger partial charge in [0.25, 0.3) is 0 Å². The Balaban J connectivity index is 1.47. The van der Waals surface area contributed by atoms with Crippen molar-refractivity contribution in [3.8, 4) is 22.6 Å². The van der Waals surface area contributed by atoms with Crippen LogP contribution in [-0.2, 0) is 10.0 Å². The maximum atomic E-state index is 13.6. The van der Waals surface area contributed by atoms with Crippen molar-refractivity contribution in [2.45, 2.75) is 18.9 Å². The summed E-state index contributed by atoms with van der Waals surface area (Å²) in [5.74, 6) is 0.324. The van der Waals surface area contributed by atoms with Crippen molar-refractivity contribution >= 4 is 33.4 Å². The lowest BCUT2D eigenvalue weighted by molar-refractivity contribution is 0.331. The van der Waals surface area contributed by atoms with Crippen LogP contribution in [0.4, 0.5) is 10.3 Å². The normalized spacial score (nSPS) is 15.8. The molecule has 0 bridgehead atoms. The van der Waals surface area contributed by atoms with Crippen molar-refractivity contribution in [2.24, 2.45) is 0 Å². The van der Waals surface area contributed by atoms with E-state index in [0.717, 1.165) is 0 Å². The van der Waals surface area contributed by atoms with Crippen LogP contribution in [0, 0.1) is 5.82 Å². The van der Waals surface area contributed by atoms with E-state index in [1.54, 1.807) is 28.9 Å². The van der Waals surface area contributed by atoms with Gasteiger partial charge in [-0.15, -0.1) is 0 Å². The van der Waals surface area contributed by atoms with E-state index in [2.05, 4.69) is 20.3 Å². The number of hydrogen-bond donors (Lipinski definition) is 1. The summed E-state index contributed by atoms with van der Waals surface area (Å²) < 4.78 is 45.8. The van der Waals surface area contributed by atoms with Crippen LogP contribution in [0.25, 0.3) is 28.5 Å². The Labute approximate surface area is 194 Å². The van der Waals surface area contributed by atoms with Crippen molar-refractivity contribution in [1.82, 2.24) is 23.7 Å². The third kappa shape index (κ3) is 4.31. The fourth-order valence-electron chi connectivity index (χ4n) is 3.97. The fraction of sp³-hybridized carbons (Fsp3) is 0.286.